The van der Waals surface area contributed by atoms with Gasteiger partial charge in [0.2, 0.25) is 0 Å². The average molecular weight is 360 g/mol. The highest BCUT2D eigenvalue weighted by Gasteiger charge is 2.35. The molecule has 3 rings (SSSR count). The van der Waals surface area contributed by atoms with E-state index in [0.717, 1.165) is 63.2 Å². The minimum absolute atomic E-state index is 0.0838. The lowest BCUT2D eigenvalue weighted by atomic mass is 9.83. The van der Waals surface area contributed by atoms with E-state index in [-0.39, 0.29) is 6.01 Å². The average Bonchev–Trinajstić information content (AvgIpc) is 2.68. The molecule has 1 aromatic heterocycles. The highest BCUT2D eigenvalue weighted by molar-refractivity contribution is 5.69. The maximum absolute atomic E-state index is 11.8. The number of nitrogens with two attached hydrogens (primary N) is 1. The first-order valence-corrected chi connectivity index (χ1v) is 9.24. The number of nitrogens with zero attached hydrogens (tertiary/aromatic N) is 3. The van der Waals surface area contributed by atoms with Crippen LogP contribution in [-0.4, -0.2) is 52.9 Å². The van der Waals surface area contributed by atoms with E-state index in [9.17, 15) is 9.59 Å². The first kappa shape index (κ1) is 18.7. The van der Waals surface area contributed by atoms with Crippen LogP contribution in [0.4, 0.5) is 4.79 Å². The van der Waals surface area contributed by atoms with E-state index < -0.39 is 6.09 Å². The van der Waals surface area contributed by atoms with Crippen LogP contribution in [0, 0.1) is 12.0 Å². The number of aromatic nitrogens is 2. The van der Waals surface area contributed by atoms with Crippen molar-refractivity contribution in [3.63, 3.8) is 0 Å². The molecule has 1 aromatic rings. The first-order valence-electron chi connectivity index (χ1n) is 9.24. The molecule has 2 saturated heterocycles. The second-order valence-electron chi connectivity index (χ2n) is 6.92. The van der Waals surface area contributed by atoms with Gasteiger partial charge in [0.15, 0.2) is 0 Å². The van der Waals surface area contributed by atoms with Crippen molar-refractivity contribution in [3.8, 4) is 6.01 Å². The predicted molar refractivity (Wildman–Crippen MR) is 95.2 cm³/mol. The number of aldehydes is 1. The quantitative estimate of drug-likeness (QED) is 0.730. The number of carbonyl (C=O) groups excluding carboxylic acids is 2. The molecule has 1 atom stereocenters. The number of carbonyl (C=O) groups is 2. The Morgan fingerprint density at radius 2 is 2.00 bits per heavy atom. The van der Waals surface area contributed by atoms with Crippen molar-refractivity contribution in [2.24, 2.45) is 11.7 Å². The smallest absolute Gasteiger partial charge is 0.374 e. The molecule has 1 radical (unpaired) electrons. The van der Waals surface area contributed by atoms with E-state index in [2.05, 4.69) is 24.9 Å². The number of piperidine rings is 2. The lowest BCUT2D eigenvalue weighted by molar-refractivity contribution is -0.109. The fraction of sp³-hybridized carbons (Fsp3) is 0.611. The van der Waals surface area contributed by atoms with Gasteiger partial charge in [-0.3, -0.25) is 4.90 Å². The van der Waals surface area contributed by atoms with Crippen LogP contribution in [0.5, 0.6) is 6.01 Å². The van der Waals surface area contributed by atoms with Crippen LogP contribution in [0.25, 0.3) is 0 Å². The third-order valence-corrected chi connectivity index (χ3v) is 5.24. The van der Waals surface area contributed by atoms with Crippen molar-refractivity contribution in [2.45, 2.75) is 44.6 Å². The van der Waals surface area contributed by atoms with Crippen molar-refractivity contribution in [1.29, 1.82) is 0 Å². The second-order valence-corrected chi connectivity index (χ2v) is 6.92. The monoisotopic (exact) mass is 360 g/mol. The molecule has 2 fully saturated rings. The van der Waals surface area contributed by atoms with Crippen LogP contribution in [0.15, 0.2) is 12.4 Å². The summed E-state index contributed by atoms with van der Waals surface area (Å²) in [5, 5.41) is 3.41. The van der Waals surface area contributed by atoms with Gasteiger partial charge in [-0.05, 0) is 56.8 Å². The highest BCUT2D eigenvalue weighted by Crippen LogP contribution is 2.32. The number of amides is 1. The summed E-state index contributed by atoms with van der Waals surface area (Å²) in [6, 6.07) is 1.13. The van der Waals surface area contributed by atoms with Crippen LogP contribution < -0.4 is 15.8 Å². The SMILES string of the molecule is NC(=O)Oc1ncc(C[C](C=O)N2CCCCC2C2CCNCC2)cn1. The van der Waals surface area contributed by atoms with Crippen molar-refractivity contribution in [3.05, 3.63) is 24.0 Å². The molecular formula is C18H26N5O3. The zero-order valence-electron chi connectivity index (χ0n) is 14.9. The Bertz CT molecular complexity index is 603. The van der Waals surface area contributed by atoms with Crippen LogP contribution in [0.2, 0.25) is 0 Å². The fourth-order valence-corrected chi connectivity index (χ4v) is 4.03. The van der Waals surface area contributed by atoms with Gasteiger partial charge in [0, 0.05) is 24.9 Å². The number of rotatable bonds is 6. The number of ether oxygens (including phenoxy) is 1. The maximum Gasteiger partial charge on any atom is 0.412 e. The Morgan fingerprint density at radius 3 is 2.65 bits per heavy atom. The van der Waals surface area contributed by atoms with E-state index in [1.165, 1.54) is 6.42 Å². The van der Waals surface area contributed by atoms with Gasteiger partial charge in [0.05, 0.1) is 0 Å². The standard InChI is InChI=1S/C18H26N5O3/c19-17(25)26-18-21-10-13(11-22-18)9-15(12-24)23-8-2-1-3-16(23)14-4-6-20-7-5-14/h10-12,14,16,20H,1-9H2,(H2,19,25). The molecule has 0 aromatic carbocycles. The summed E-state index contributed by atoms with van der Waals surface area (Å²) in [5.74, 6) is 0.633. The number of primary amides is 1. The predicted octanol–water partition coefficient (Wildman–Crippen LogP) is 1.06. The minimum Gasteiger partial charge on any atom is -0.374 e. The fourth-order valence-electron chi connectivity index (χ4n) is 4.03. The van der Waals surface area contributed by atoms with Crippen molar-refractivity contribution < 1.29 is 14.3 Å². The highest BCUT2D eigenvalue weighted by atomic mass is 16.6. The molecule has 2 aliphatic rings. The van der Waals surface area contributed by atoms with Gasteiger partial charge >= 0.3 is 12.1 Å². The van der Waals surface area contributed by atoms with Crippen LogP contribution in [0.1, 0.15) is 37.7 Å². The third kappa shape index (κ3) is 4.76. The summed E-state index contributed by atoms with van der Waals surface area (Å²) in [6.45, 7) is 3.04. The van der Waals surface area contributed by atoms with Gasteiger partial charge in [-0.25, -0.2) is 14.8 Å². The lowest BCUT2D eigenvalue weighted by Gasteiger charge is -2.44. The van der Waals surface area contributed by atoms with Crippen molar-refractivity contribution in [2.75, 3.05) is 19.6 Å². The summed E-state index contributed by atoms with van der Waals surface area (Å²) in [6.07, 6.45) is 9.43. The van der Waals surface area contributed by atoms with E-state index in [1.54, 1.807) is 12.4 Å². The zero-order chi connectivity index (χ0) is 18.4. The summed E-state index contributed by atoms with van der Waals surface area (Å²) in [4.78, 5) is 32.8. The molecular weight excluding hydrogens is 334 g/mol. The molecule has 1 amide bonds. The van der Waals surface area contributed by atoms with E-state index in [1.807, 2.05) is 0 Å². The van der Waals surface area contributed by atoms with Crippen LogP contribution in [-0.2, 0) is 11.2 Å². The number of likely N-dealkylation sites (tertiary alicyclic amines) is 1. The number of hydrogen-bond donors (Lipinski definition) is 2. The van der Waals surface area contributed by atoms with E-state index >= 15 is 0 Å². The lowest BCUT2D eigenvalue weighted by Crippen LogP contribution is -2.49. The Hall–Kier alpha value is -2.06. The molecule has 2 aliphatic heterocycles. The molecule has 3 N–H and O–H groups in total. The normalized spacial score (nSPS) is 22.3. The minimum atomic E-state index is -0.948. The van der Waals surface area contributed by atoms with Gasteiger partial charge < -0.3 is 20.6 Å². The summed E-state index contributed by atoms with van der Waals surface area (Å²) >= 11 is 0. The topological polar surface area (TPSA) is 110 Å². The van der Waals surface area contributed by atoms with Gasteiger partial charge in [0.1, 0.15) is 12.3 Å². The molecule has 0 aliphatic carbocycles. The summed E-state index contributed by atoms with van der Waals surface area (Å²) in [7, 11) is 0. The Kier molecular flexibility index (Phi) is 6.51. The van der Waals surface area contributed by atoms with Crippen molar-refractivity contribution in [1.82, 2.24) is 20.2 Å². The Balaban J connectivity index is 1.67. The molecule has 0 spiro atoms. The molecule has 8 nitrogen and oxygen atoms in total. The van der Waals surface area contributed by atoms with Gasteiger partial charge in [-0.1, -0.05) is 6.42 Å². The van der Waals surface area contributed by atoms with E-state index in [0.29, 0.717) is 18.4 Å². The summed E-state index contributed by atoms with van der Waals surface area (Å²) in [5.41, 5.74) is 5.75. The largest absolute Gasteiger partial charge is 0.412 e. The molecule has 1 unspecified atom stereocenters. The third-order valence-electron chi connectivity index (χ3n) is 5.24. The van der Waals surface area contributed by atoms with Crippen LogP contribution >= 0.6 is 0 Å². The molecule has 0 saturated carbocycles. The molecule has 3 heterocycles. The molecule has 141 valence electrons. The number of nitrogens with one attached hydrogen (secondary N) is 1. The Labute approximate surface area is 153 Å². The maximum atomic E-state index is 11.8. The van der Waals surface area contributed by atoms with Crippen molar-refractivity contribution >= 4 is 12.4 Å². The molecule has 26 heavy (non-hydrogen) atoms. The van der Waals surface area contributed by atoms with Gasteiger partial charge in [-0.2, -0.15) is 0 Å². The second kappa shape index (κ2) is 9.05. The van der Waals surface area contributed by atoms with Gasteiger partial charge in [0.25, 0.3) is 0 Å². The van der Waals surface area contributed by atoms with Gasteiger partial charge in [-0.15, -0.1) is 0 Å². The Morgan fingerprint density at radius 1 is 1.27 bits per heavy atom. The van der Waals surface area contributed by atoms with E-state index in [4.69, 9.17) is 5.73 Å². The molecule has 8 heteroatoms. The number of hydrogen-bond acceptors (Lipinski definition) is 7. The summed E-state index contributed by atoms with van der Waals surface area (Å²) < 4.78 is 4.64. The zero-order valence-corrected chi connectivity index (χ0v) is 14.9. The molecule has 0 bridgehead atoms. The van der Waals surface area contributed by atoms with Crippen LogP contribution in [0.3, 0.4) is 0 Å². The first-order chi connectivity index (χ1) is 12.7.